The second-order valence-electron chi connectivity index (χ2n) is 5.85. The number of benzene rings is 3. The SMILES string of the molecule is C=Cc1cccc(CN2C(=O)c3cccc4cccc(c34)C2=O)c1. The summed E-state index contributed by atoms with van der Waals surface area (Å²) in [6.07, 6.45) is 1.75. The van der Waals surface area contributed by atoms with Crippen LogP contribution in [0.25, 0.3) is 16.8 Å². The number of amides is 2. The molecule has 3 aromatic carbocycles. The van der Waals surface area contributed by atoms with Gasteiger partial charge in [-0.2, -0.15) is 0 Å². The molecule has 1 heterocycles. The van der Waals surface area contributed by atoms with Gasteiger partial charge in [-0.05, 0) is 34.7 Å². The van der Waals surface area contributed by atoms with Crippen LogP contribution >= 0.6 is 0 Å². The quantitative estimate of drug-likeness (QED) is 0.677. The molecule has 0 radical (unpaired) electrons. The third-order valence-electron chi connectivity index (χ3n) is 4.38. The molecule has 3 heteroatoms. The zero-order valence-corrected chi connectivity index (χ0v) is 13.0. The fourth-order valence-electron chi connectivity index (χ4n) is 3.23. The maximum atomic E-state index is 12.9. The zero-order valence-electron chi connectivity index (χ0n) is 13.0. The lowest BCUT2D eigenvalue weighted by Gasteiger charge is -2.27. The Morgan fingerprint density at radius 2 is 1.50 bits per heavy atom. The predicted molar refractivity (Wildman–Crippen MR) is 94.7 cm³/mol. The van der Waals surface area contributed by atoms with Crippen molar-refractivity contribution in [3.8, 4) is 0 Å². The van der Waals surface area contributed by atoms with Crippen molar-refractivity contribution in [3.05, 3.63) is 89.5 Å². The molecule has 0 unspecified atom stereocenters. The summed E-state index contributed by atoms with van der Waals surface area (Å²) in [5.74, 6) is -0.485. The largest absolute Gasteiger partial charge is 0.270 e. The lowest BCUT2D eigenvalue weighted by atomic mass is 9.94. The van der Waals surface area contributed by atoms with Gasteiger partial charge in [-0.15, -0.1) is 0 Å². The van der Waals surface area contributed by atoms with E-state index in [-0.39, 0.29) is 18.4 Å². The molecule has 4 rings (SSSR count). The highest BCUT2D eigenvalue weighted by Crippen LogP contribution is 2.30. The average Bonchev–Trinajstić information content (AvgIpc) is 2.63. The van der Waals surface area contributed by atoms with Gasteiger partial charge in [-0.25, -0.2) is 0 Å². The molecule has 0 atom stereocenters. The number of carbonyl (C=O) groups excluding carboxylic acids is 2. The van der Waals surface area contributed by atoms with Gasteiger partial charge in [0.15, 0.2) is 0 Å². The molecule has 0 aromatic heterocycles. The third-order valence-corrected chi connectivity index (χ3v) is 4.38. The fraction of sp³-hybridized carbons (Fsp3) is 0.0476. The fourth-order valence-corrected chi connectivity index (χ4v) is 3.23. The van der Waals surface area contributed by atoms with Gasteiger partial charge in [0.2, 0.25) is 0 Å². The minimum Gasteiger partial charge on any atom is -0.270 e. The first-order valence-corrected chi connectivity index (χ1v) is 7.78. The lowest BCUT2D eigenvalue weighted by Crippen LogP contribution is -2.39. The molecule has 0 spiro atoms. The van der Waals surface area contributed by atoms with Crippen molar-refractivity contribution in [2.24, 2.45) is 0 Å². The van der Waals surface area contributed by atoms with Crippen molar-refractivity contribution in [2.75, 3.05) is 0 Å². The number of hydrogen-bond donors (Lipinski definition) is 0. The normalized spacial score (nSPS) is 13.4. The summed E-state index contributed by atoms with van der Waals surface area (Å²) < 4.78 is 0. The van der Waals surface area contributed by atoms with E-state index in [9.17, 15) is 9.59 Å². The van der Waals surface area contributed by atoms with Gasteiger partial charge in [0.1, 0.15) is 0 Å². The van der Waals surface area contributed by atoms with Crippen molar-refractivity contribution in [1.82, 2.24) is 4.90 Å². The molecule has 116 valence electrons. The molecule has 0 aliphatic carbocycles. The van der Waals surface area contributed by atoms with Crippen LogP contribution in [0, 0.1) is 0 Å². The van der Waals surface area contributed by atoms with Crippen LogP contribution in [-0.4, -0.2) is 16.7 Å². The standard InChI is InChI=1S/C21H15NO2/c1-2-14-6-3-7-15(12-14)13-22-20(23)17-10-4-8-16-9-5-11-18(19(16)17)21(22)24/h2-12H,1,13H2. The maximum absolute atomic E-state index is 12.9. The first-order chi connectivity index (χ1) is 11.7. The number of carbonyl (C=O) groups is 2. The second kappa shape index (κ2) is 5.46. The van der Waals surface area contributed by atoms with Crippen LogP contribution in [0.15, 0.2) is 67.2 Å². The van der Waals surface area contributed by atoms with E-state index in [4.69, 9.17) is 0 Å². The van der Waals surface area contributed by atoms with Crippen LogP contribution in [0.2, 0.25) is 0 Å². The van der Waals surface area contributed by atoms with E-state index < -0.39 is 0 Å². The zero-order chi connectivity index (χ0) is 16.7. The first-order valence-electron chi connectivity index (χ1n) is 7.78. The van der Waals surface area contributed by atoms with E-state index in [0.29, 0.717) is 11.1 Å². The Labute approximate surface area is 139 Å². The van der Waals surface area contributed by atoms with Crippen LogP contribution in [0.5, 0.6) is 0 Å². The number of hydrogen-bond acceptors (Lipinski definition) is 2. The van der Waals surface area contributed by atoms with Crippen LogP contribution in [0.4, 0.5) is 0 Å². The van der Waals surface area contributed by atoms with E-state index in [1.807, 2.05) is 48.5 Å². The number of rotatable bonds is 3. The minimum absolute atomic E-state index is 0.242. The van der Waals surface area contributed by atoms with E-state index >= 15 is 0 Å². The van der Waals surface area contributed by atoms with Crippen LogP contribution < -0.4 is 0 Å². The number of nitrogens with zero attached hydrogens (tertiary/aromatic N) is 1. The van der Waals surface area contributed by atoms with Gasteiger partial charge in [0.05, 0.1) is 6.54 Å². The van der Waals surface area contributed by atoms with Gasteiger partial charge in [0, 0.05) is 16.5 Å². The molecule has 1 aliphatic heterocycles. The smallest absolute Gasteiger partial charge is 0.261 e. The van der Waals surface area contributed by atoms with Gasteiger partial charge in [-0.1, -0.05) is 55.1 Å². The highest BCUT2D eigenvalue weighted by molar-refractivity contribution is 6.25. The van der Waals surface area contributed by atoms with E-state index in [0.717, 1.165) is 21.9 Å². The minimum atomic E-state index is -0.242. The van der Waals surface area contributed by atoms with Gasteiger partial charge in [0.25, 0.3) is 11.8 Å². The molecule has 0 N–H and O–H groups in total. The molecule has 2 amide bonds. The van der Waals surface area contributed by atoms with Crippen molar-refractivity contribution >= 4 is 28.7 Å². The van der Waals surface area contributed by atoms with Crippen molar-refractivity contribution < 1.29 is 9.59 Å². The molecule has 0 fully saturated rings. The Morgan fingerprint density at radius 1 is 0.875 bits per heavy atom. The summed E-state index contributed by atoms with van der Waals surface area (Å²) in [4.78, 5) is 27.0. The Hall–Kier alpha value is -3.20. The molecule has 0 bridgehead atoms. The summed E-state index contributed by atoms with van der Waals surface area (Å²) in [5, 5.41) is 1.67. The van der Waals surface area contributed by atoms with Crippen LogP contribution in [0.3, 0.4) is 0 Å². The summed E-state index contributed by atoms with van der Waals surface area (Å²) in [5.41, 5.74) is 3.04. The van der Waals surface area contributed by atoms with Crippen molar-refractivity contribution in [1.29, 1.82) is 0 Å². The summed E-state index contributed by atoms with van der Waals surface area (Å²) in [6, 6.07) is 18.8. The van der Waals surface area contributed by atoms with E-state index in [1.165, 1.54) is 4.90 Å². The van der Waals surface area contributed by atoms with Crippen molar-refractivity contribution in [2.45, 2.75) is 6.54 Å². The number of imide groups is 1. The lowest BCUT2D eigenvalue weighted by molar-refractivity contribution is 0.0598. The van der Waals surface area contributed by atoms with Crippen molar-refractivity contribution in [3.63, 3.8) is 0 Å². The summed E-state index contributed by atoms with van der Waals surface area (Å²) >= 11 is 0. The van der Waals surface area contributed by atoms with Crippen LogP contribution in [0.1, 0.15) is 31.8 Å². The molecular formula is C21H15NO2. The average molecular weight is 313 g/mol. The molecular weight excluding hydrogens is 298 g/mol. The molecule has 1 aliphatic rings. The second-order valence-corrected chi connectivity index (χ2v) is 5.85. The highest BCUT2D eigenvalue weighted by Gasteiger charge is 2.32. The molecule has 24 heavy (non-hydrogen) atoms. The topological polar surface area (TPSA) is 37.4 Å². The Balaban J connectivity index is 1.80. The van der Waals surface area contributed by atoms with E-state index in [2.05, 4.69) is 6.58 Å². The van der Waals surface area contributed by atoms with Gasteiger partial charge < -0.3 is 0 Å². The molecule has 3 nitrogen and oxygen atoms in total. The van der Waals surface area contributed by atoms with Crippen LogP contribution in [-0.2, 0) is 6.54 Å². The Morgan fingerprint density at radius 3 is 2.12 bits per heavy atom. The Kier molecular flexibility index (Phi) is 3.28. The molecule has 3 aromatic rings. The monoisotopic (exact) mass is 313 g/mol. The highest BCUT2D eigenvalue weighted by atomic mass is 16.2. The maximum Gasteiger partial charge on any atom is 0.261 e. The predicted octanol–water partition coefficient (Wildman–Crippen LogP) is 4.28. The van der Waals surface area contributed by atoms with E-state index in [1.54, 1.807) is 18.2 Å². The third kappa shape index (κ3) is 2.14. The first kappa shape index (κ1) is 14.4. The summed E-state index contributed by atoms with van der Waals surface area (Å²) in [7, 11) is 0. The van der Waals surface area contributed by atoms with Gasteiger partial charge >= 0.3 is 0 Å². The van der Waals surface area contributed by atoms with Gasteiger partial charge in [-0.3, -0.25) is 14.5 Å². The molecule has 0 saturated heterocycles. The molecule has 0 saturated carbocycles. The summed E-state index contributed by atoms with van der Waals surface area (Å²) in [6.45, 7) is 4.01. The Bertz CT molecular complexity index is 953.